The molecule has 0 unspecified atom stereocenters. The summed E-state index contributed by atoms with van der Waals surface area (Å²) in [6.07, 6.45) is 1.70. The lowest BCUT2D eigenvalue weighted by atomic mass is 10.0. The van der Waals surface area contributed by atoms with Gasteiger partial charge in [0.05, 0.1) is 11.8 Å². The van der Waals surface area contributed by atoms with Crippen molar-refractivity contribution in [3.63, 3.8) is 0 Å². The van der Waals surface area contributed by atoms with Gasteiger partial charge in [-0.15, -0.1) is 0 Å². The third-order valence-electron chi connectivity index (χ3n) is 2.47. The molecular weight excluding hydrogens is 192 g/mol. The first kappa shape index (κ1) is 9.77. The minimum Gasteiger partial charge on any atom is -0.478 e. The van der Waals surface area contributed by atoms with Crippen LogP contribution in [0.1, 0.15) is 35.7 Å². The molecule has 15 heavy (non-hydrogen) atoms. The molecule has 0 atom stereocenters. The summed E-state index contributed by atoms with van der Waals surface area (Å²) in [6.45, 7) is 4.16. The third kappa shape index (κ3) is 1.61. The van der Waals surface area contributed by atoms with E-state index < -0.39 is 5.97 Å². The summed E-state index contributed by atoms with van der Waals surface area (Å²) in [7, 11) is 0. The predicted molar refractivity (Wildman–Crippen MR) is 57.3 cm³/mol. The van der Waals surface area contributed by atoms with Crippen LogP contribution in [-0.2, 0) is 0 Å². The van der Waals surface area contributed by atoms with Gasteiger partial charge in [0.25, 0.3) is 0 Å². The topological polar surface area (TPSA) is 50.4 Å². The number of benzene rings is 1. The Hall–Kier alpha value is -1.77. The van der Waals surface area contributed by atoms with Crippen LogP contribution < -0.4 is 0 Å². The van der Waals surface area contributed by atoms with Gasteiger partial charge >= 0.3 is 5.97 Å². The van der Waals surface area contributed by atoms with Gasteiger partial charge in [-0.05, 0) is 24.1 Å². The van der Waals surface area contributed by atoms with Gasteiger partial charge in [-0.3, -0.25) is 0 Å². The van der Waals surface area contributed by atoms with Crippen LogP contribution in [0.4, 0.5) is 0 Å². The molecule has 0 radical (unpaired) electrons. The molecule has 0 bridgehead atoms. The maximum absolute atomic E-state index is 10.7. The molecule has 0 aliphatic heterocycles. The van der Waals surface area contributed by atoms with E-state index in [1.165, 1.54) is 0 Å². The summed E-state index contributed by atoms with van der Waals surface area (Å²) < 4.78 is 5.34. The minimum atomic E-state index is -0.931. The molecule has 3 heteroatoms. The zero-order valence-corrected chi connectivity index (χ0v) is 8.65. The number of aromatic carboxylic acids is 1. The maximum Gasteiger partial charge on any atom is 0.335 e. The lowest BCUT2D eigenvalue weighted by molar-refractivity contribution is 0.0697. The van der Waals surface area contributed by atoms with Crippen molar-refractivity contribution in [1.82, 2.24) is 0 Å². The molecule has 78 valence electrons. The number of fused-ring (bicyclic) bond motifs is 1. The highest BCUT2D eigenvalue weighted by Crippen LogP contribution is 2.27. The third-order valence-corrected chi connectivity index (χ3v) is 2.47. The highest BCUT2D eigenvalue weighted by atomic mass is 16.4. The molecule has 1 aromatic heterocycles. The van der Waals surface area contributed by atoms with Crippen molar-refractivity contribution < 1.29 is 14.3 Å². The number of carboxylic acid groups (broad SMARTS) is 1. The second kappa shape index (κ2) is 3.42. The smallest absolute Gasteiger partial charge is 0.335 e. The van der Waals surface area contributed by atoms with Crippen LogP contribution in [0.15, 0.2) is 28.9 Å². The monoisotopic (exact) mass is 204 g/mol. The zero-order valence-electron chi connectivity index (χ0n) is 8.65. The van der Waals surface area contributed by atoms with E-state index in [2.05, 4.69) is 13.8 Å². The molecule has 1 N–H and O–H groups in total. The second-order valence-corrected chi connectivity index (χ2v) is 3.86. The van der Waals surface area contributed by atoms with Gasteiger partial charge in [-0.2, -0.15) is 0 Å². The number of rotatable bonds is 2. The number of carboxylic acids is 1. The van der Waals surface area contributed by atoms with Crippen molar-refractivity contribution in [2.45, 2.75) is 19.8 Å². The molecule has 0 amide bonds. The highest BCUT2D eigenvalue weighted by molar-refractivity contribution is 5.93. The largest absolute Gasteiger partial charge is 0.478 e. The average Bonchev–Trinajstić information content (AvgIpc) is 2.59. The lowest BCUT2D eigenvalue weighted by Crippen LogP contribution is -1.94. The molecule has 2 aromatic rings. The molecule has 0 fully saturated rings. The quantitative estimate of drug-likeness (QED) is 0.816. The van der Waals surface area contributed by atoms with Gasteiger partial charge < -0.3 is 9.52 Å². The first-order valence-corrected chi connectivity index (χ1v) is 4.84. The highest BCUT2D eigenvalue weighted by Gasteiger charge is 2.11. The summed E-state index contributed by atoms with van der Waals surface area (Å²) in [5, 5.41) is 9.81. The SMILES string of the molecule is CC(C)c1coc2cc(C(=O)O)ccc12. The summed E-state index contributed by atoms with van der Waals surface area (Å²) in [5.74, 6) is -0.554. The van der Waals surface area contributed by atoms with Crippen molar-refractivity contribution >= 4 is 16.9 Å². The number of hydrogen-bond donors (Lipinski definition) is 1. The Balaban J connectivity index is 2.61. The first-order valence-electron chi connectivity index (χ1n) is 4.84. The molecule has 0 saturated heterocycles. The van der Waals surface area contributed by atoms with Crippen LogP contribution in [0.3, 0.4) is 0 Å². The second-order valence-electron chi connectivity index (χ2n) is 3.86. The lowest BCUT2D eigenvalue weighted by Gasteiger charge is -2.00. The first-order chi connectivity index (χ1) is 7.09. The van der Waals surface area contributed by atoms with Crippen LogP contribution in [0.5, 0.6) is 0 Å². The van der Waals surface area contributed by atoms with Crippen molar-refractivity contribution in [3.05, 3.63) is 35.6 Å². The van der Waals surface area contributed by atoms with Crippen molar-refractivity contribution in [3.8, 4) is 0 Å². The van der Waals surface area contributed by atoms with Crippen LogP contribution in [-0.4, -0.2) is 11.1 Å². The molecular formula is C12H12O3. The number of furan rings is 1. The van der Waals surface area contributed by atoms with Crippen LogP contribution in [0.2, 0.25) is 0 Å². The zero-order chi connectivity index (χ0) is 11.0. The molecule has 0 saturated carbocycles. The minimum absolute atomic E-state index is 0.257. The standard InChI is InChI=1S/C12H12O3/c1-7(2)10-6-15-11-5-8(12(13)14)3-4-9(10)11/h3-7H,1-2H3,(H,13,14). The van der Waals surface area contributed by atoms with Crippen LogP contribution in [0.25, 0.3) is 11.0 Å². The van der Waals surface area contributed by atoms with E-state index >= 15 is 0 Å². The Bertz CT molecular complexity index is 509. The van der Waals surface area contributed by atoms with Crippen molar-refractivity contribution in [1.29, 1.82) is 0 Å². The van der Waals surface area contributed by atoms with E-state index in [0.29, 0.717) is 11.5 Å². The molecule has 0 aliphatic carbocycles. The normalized spacial score (nSPS) is 11.1. The van der Waals surface area contributed by atoms with Gasteiger partial charge in [0.2, 0.25) is 0 Å². The Morgan fingerprint density at radius 3 is 2.73 bits per heavy atom. The van der Waals surface area contributed by atoms with Gasteiger partial charge in [-0.1, -0.05) is 13.8 Å². The average molecular weight is 204 g/mol. The number of hydrogen-bond acceptors (Lipinski definition) is 2. The van der Waals surface area contributed by atoms with Gasteiger partial charge in [0, 0.05) is 10.9 Å². The Labute approximate surface area is 87.3 Å². The van der Waals surface area contributed by atoms with Crippen LogP contribution >= 0.6 is 0 Å². The van der Waals surface area contributed by atoms with E-state index in [9.17, 15) is 4.79 Å². The molecule has 0 spiro atoms. The summed E-state index contributed by atoms with van der Waals surface area (Å²) in [5.41, 5.74) is 2.01. The molecule has 0 aliphatic rings. The predicted octanol–water partition coefficient (Wildman–Crippen LogP) is 3.25. The van der Waals surface area contributed by atoms with Gasteiger partial charge in [-0.25, -0.2) is 4.79 Å². The summed E-state index contributed by atoms with van der Waals surface area (Å²) in [4.78, 5) is 10.7. The number of carbonyl (C=O) groups is 1. The van der Waals surface area contributed by atoms with E-state index in [1.54, 1.807) is 24.5 Å². The molecule has 2 rings (SSSR count). The van der Waals surface area contributed by atoms with E-state index in [4.69, 9.17) is 9.52 Å². The molecule has 1 heterocycles. The Kier molecular flexibility index (Phi) is 2.23. The summed E-state index contributed by atoms with van der Waals surface area (Å²) in [6, 6.07) is 4.97. The maximum atomic E-state index is 10.7. The van der Waals surface area contributed by atoms with E-state index in [1.807, 2.05) is 0 Å². The van der Waals surface area contributed by atoms with Gasteiger partial charge in [0.15, 0.2) is 0 Å². The van der Waals surface area contributed by atoms with E-state index in [-0.39, 0.29) is 5.56 Å². The van der Waals surface area contributed by atoms with Crippen LogP contribution in [0, 0.1) is 0 Å². The fourth-order valence-electron chi connectivity index (χ4n) is 1.63. The molecule has 3 nitrogen and oxygen atoms in total. The Morgan fingerprint density at radius 2 is 2.13 bits per heavy atom. The van der Waals surface area contributed by atoms with Crippen molar-refractivity contribution in [2.75, 3.05) is 0 Å². The Morgan fingerprint density at radius 1 is 1.40 bits per heavy atom. The van der Waals surface area contributed by atoms with Crippen molar-refractivity contribution in [2.24, 2.45) is 0 Å². The fraction of sp³-hybridized carbons (Fsp3) is 0.250. The molecule has 1 aromatic carbocycles. The van der Waals surface area contributed by atoms with E-state index in [0.717, 1.165) is 10.9 Å². The fourth-order valence-corrected chi connectivity index (χ4v) is 1.63. The van der Waals surface area contributed by atoms with Gasteiger partial charge in [0.1, 0.15) is 5.58 Å². The summed E-state index contributed by atoms with van der Waals surface area (Å²) >= 11 is 0.